The summed E-state index contributed by atoms with van der Waals surface area (Å²) in [6, 6.07) is 5.93. The lowest BCUT2D eigenvalue weighted by Crippen LogP contribution is -2.54. The lowest BCUT2D eigenvalue weighted by molar-refractivity contribution is -0.779. The van der Waals surface area contributed by atoms with E-state index in [1.807, 2.05) is 40.2 Å². The number of rotatable bonds is 2. The number of urea groups is 1. The Morgan fingerprint density at radius 3 is 2.43 bits per heavy atom. The van der Waals surface area contributed by atoms with Crippen LogP contribution in [0.1, 0.15) is 18.1 Å². The molecule has 0 aliphatic rings. The zero-order valence-corrected chi connectivity index (χ0v) is 14.2. The molecule has 0 heterocycles. The molecule has 0 fully saturated rings. The fourth-order valence-corrected chi connectivity index (χ4v) is 2.29. The van der Waals surface area contributed by atoms with Crippen LogP contribution >= 0.6 is 0 Å². The quantitative estimate of drug-likeness (QED) is 0.507. The van der Waals surface area contributed by atoms with Crippen LogP contribution in [-0.2, 0) is 6.42 Å². The number of amides is 2. The average molecular weight is 291 g/mol. The van der Waals surface area contributed by atoms with Gasteiger partial charge >= 0.3 is 12.0 Å². The Labute approximate surface area is 127 Å². The lowest BCUT2D eigenvalue weighted by atomic mass is 10.1. The molecule has 1 aromatic carbocycles. The number of carbonyl (C=O) groups excluding carboxylic acids is 1. The van der Waals surface area contributed by atoms with Crippen molar-refractivity contribution in [3.8, 4) is 0 Å². The van der Waals surface area contributed by atoms with E-state index in [0.717, 1.165) is 23.2 Å². The number of anilines is 1. The molecule has 0 unspecified atom stereocenters. The molecule has 1 rings (SSSR count). The van der Waals surface area contributed by atoms with Crippen LogP contribution in [-0.4, -0.2) is 51.7 Å². The van der Waals surface area contributed by atoms with Crippen molar-refractivity contribution in [3.05, 3.63) is 29.3 Å². The largest absolute Gasteiger partial charge is 0.331 e. The van der Waals surface area contributed by atoms with Crippen LogP contribution in [0.25, 0.3) is 0 Å². The lowest BCUT2D eigenvalue weighted by Gasteiger charge is -2.27. The van der Waals surface area contributed by atoms with Gasteiger partial charge in [-0.3, -0.25) is 9.38 Å². The molecule has 2 amide bonds. The number of para-hydroxylation sites is 1. The van der Waals surface area contributed by atoms with E-state index < -0.39 is 0 Å². The molecule has 1 aromatic rings. The Bertz CT molecular complexity index is 544. The van der Waals surface area contributed by atoms with Gasteiger partial charge in [0.15, 0.2) is 0 Å². The average Bonchev–Trinajstić information content (AvgIpc) is 2.41. The molecule has 0 aromatic heterocycles. The molecule has 0 saturated carbocycles. The van der Waals surface area contributed by atoms with E-state index in [4.69, 9.17) is 0 Å². The standard InChI is InChI=1S/C16H26N4O/c1-8-13-11-9-10-12(2)14(13)19(4)16(21)18-15(17-3)20(5,6)7/h9-11H,8H2,1-7H3/p+1. The monoisotopic (exact) mass is 291 g/mol. The molecule has 116 valence electrons. The zero-order valence-electron chi connectivity index (χ0n) is 14.2. The molecule has 0 radical (unpaired) electrons. The van der Waals surface area contributed by atoms with Crippen molar-refractivity contribution in [2.24, 2.45) is 4.99 Å². The third-order valence-electron chi connectivity index (χ3n) is 3.41. The highest BCUT2D eigenvalue weighted by molar-refractivity contribution is 6.02. The van der Waals surface area contributed by atoms with E-state index in [1.54, 1.807) is 19.0 Å². The summed E-state index contributed by atoms with van der Waals surface area (Å²) in [5.74, 6) is 0.624. The van der Waals surface area contributed by atoms with Gasteiger partial charge in [0.25, 0.3) is 0 Å². The molecule has 0 spiro atoms. The van der Waals surface area contributed by atoms with Gasteiger partial charge in [0.1, 0.15) is 0 Å². The molecule has 5 heteroatoms. The third-order valence-corrected chi connectivity index (χ3v) is 3.41. The number of guanidine groups is 1. The highest BCUT2D eigenvalue weighted by atomic mass is 16.2. The first-order valence-corrected chi connectivity index (χ1v) is 7.14. The highest BCUT2D eigenvalue weighted by Crippen LogP contribution is 2.24. The summed E-state index contributed by atoms with van der Waals surface area (Å²) in [5.41, 5.74) is 3.22. The summed E-state index contributed by atoms with van der Waals surface area (Å²) in [7, 11) is 9.37. The van der Waals surface area contributed by atoms with Gasteiger partial charge in [0.2, 0.25) is 0 Å². The summed E-state index contributed by atoms with van der Waals surface area (Å²) < 4.78 is 0.463. The molecule has 0 atom stereocenters. The number of nitrogens with zero attached hydrogens (tertiary/aromatic N) is 3. The number of carbonyl (C=O) groups is 1. The maximum absolute atomic E-state index is 12.5. The molecule has 1 N–H and O–H groups in total. The summed E-state index contributed by atoms with van der Waals surface area (Å²) in [5, 5.41) is 2.89. The van der Waals surface area contributed by atoms with Gasteiger partial charge < -0.3 is 0 Å². The van der Waals surface area contributed by atoms with E-state index in [2.05, 4.69) is 23.3 Å². The predicted molar refractivity (Wildman–Crippen MR) is 88.9 cm³/mol. The van der Waals surface area contributed by atoms with Gasteiger partial charge in [-0.1, -0.05) is 25.1 Å². The first-order chi connectivity index (χ1) is 9.72. The van der Waals surface area contributed by atoms with Crippen LogP contribution in [0, 0.1) is 6.92 Å². The first-order valence-electron chi connectivity index (χ1n) is 7.14. The Morgan fingerprint density at radius 1 is 1.33 bits per heavy atom. The Balaban J connectivity index is 3.05. The predicted octanol–water partition coefficient (Wildman–Crippen LogP) is 2.40. The third kappa shape index (κ3) is 4.04. The van der Waals surface area contributed by atoms with Crippen LogP contribution in [0.3, 0.4) is 0 Å². The summed E-state index contributed by atoms with van der Waals surface area (Å²) in [6.07, 6.45) is 0.888. The van der Waals surface area contributed by atoms with Gasteiger partial charge in [-0.2, -0.15) is 0 Å². The summed E-state index contributed by atoms with van der Waals surface area (Å²) in [6.45, 7) is 4.11. The molecular weight excluding hydrogens is 264 g/mol. The topological polar surface area (TPSA) is 44.7 Å². The number of quaternary nitrogens is 1. The molecular formula is C16H27N4O+. The summed E-state index contributed by atoms with van der Waals surface area (Å²) in [4.78, 5) is 18.3. The number of nitrogens with one attached hydrogen (secondary N) is 1. The van der Waals surface area contributed by atoms with E-state index >= 15 is 0 Å². The fraction of sp³-hybridized carbons (Fsp3) is 0.500. The van der Waals surface area contributed by atoms with E-state index in [1.165, 1.54) is 0 Å². The van der Waals surface area contributed by atoms with Crippen LogP contribution in [0.5, 0.6) is 0 Å². The minimum atomic E-state index is -0.173. The Hall–Kier alpha value is -1.88. The van der Waals surface area contributed by atoms with Gasteiger partial charge in [0.05, 0.1) is 26.8 Å². The minimum Gasteiger partial charge on any atom is -0.297 e. The van der Waals surface area contributed by atoms with Crippen LogP contribution in [0.15, 0.2) is 23.2 Å². The molecule has 21 heavy (non-hydrogen) atoms. The van der Waals surface area contributed by atoms with Gasteiger partial charge in [0, 0.05) is 14.1 Å². The van der Waals surface area contributed by atoms with E-state index in [0.29, 0.717) is 10.4 Å². The molecule has 0 aliphatic heterocycles. The van der Waals surface area contributed by atoms with Crippen molar-refractivity contribution < 1.29 is 9.28 Å². The molecule has 0 aliphatic carbocycles. The molecule has 0 saturated heterocycles. The fourth-order valence-electron chi connectivity index (χ4n) is 2.29. The van der Waals surface area contributed by atoms with Crippen molar-refractivity contribution in [2.45, 2.75) is 20.3 Å². The second kappa shape index (κ2) is 6.72. The van der Waals surface area contributed by atoms with E-state index in [-0.39, 0.29) is 6.03 Å². The normalized spacial score (nSPS) is 12.2. The number of hydrogen-bond acceptors (Lipinski definition) is 2. The Morgan fingerprint density at radius 2 is 1.95 bits per heavy atom. The Kier molecular flexibility index (Phi) is 5.49. The second-order valence-electron chi connectivity index (χ2n) is 5.99. The number of aryl methyl sites for hydroxylation is 2. The second-order valence-corrected chi connectivity index (χ2v) is 5.99. The van der Waals surface area contributed by atoms with Gasteiger partial charge in [-0.25, -0.2) is 15.1 Å². The van der Waals surface area contributed by atoms with Crippen molar-refractivity contribution in [3.63, 3.8) is 0 Å². The maximum Gasteiger partial charge on any atom is 0.331 e. The minimum absolute atomic E-state index is 0.173. The number of benzene rings is 1. The van der Waals surface area contributed by atoms with Gasteiger partial charge in [-0.05, 0) is 24.5 Å². The van der Waals surface area contributed by atoms with Crippen LogP contribution < -0.4 is 10.2 Å². The van der Waals surface area contributed by atoms with Crippen molar-refractivity contribution in [1.29, 1.82) is 0 Å². The van der Waals surface area contributed by atoms with E-state index in [9.17, 15) is 4.79 Å². The van der Waals surface area contributed by atoms with Crippen molar-refractivity contribution >= 4 is 17.7 Å². The zero-order chi connectivity index (χ0) is 16.2. The van der Waals surface area contributed by atoms with Crippen LogP contribution in [0.4, 0.5) is 10.5 Å². The van der Waals surface area contributed by atoms with Crippen LogP contribution in [0.2, 0.25) is 0 Å². The molecule has 0 bridgehead atoms. The summed E-state index contributed by atoms with van der Waals surface area (Å²) >= 11 is 0. The SMILES string of the molecule is CCc1cccc(C)c1N(C)C(=O)NC(=NC)[N+](C)(C)C. The smallest absolute Gasteiger partial charge is 0.297 e. The van der Waals surface area contributed by atoms with Crippen molar-refractivity contribution in [1.82, 2.24) is 5.32 Å². The van der Waals surface area contributed by atoms with Crippen molar-refractivity contribution in [2.75, 3.05) is 40.1 Å². The number of aliphatic imine (C=N–C) groups is 1. The number of hydrogen-bond donors (Lipinski definition) is 1. The first kappa shape index (κ1) is 17.2. The maximum atomic E-state index is 12.5. The highest BCUT2D eigenvalue weighted by Gasteiger charge is 2.24. The van der Waals surface area contributed by atoms with Gasteiger partial charge in [-0.15, -0.1) is 0 Å². The molecule has 5 nitrogen and oxygen atoms in total.